The second-order valence-electron chi connectivity index (χ2n) is 4.15. The van der Waals surface area contributed by atoms with Crippen LogP contribution in [-0.2, 0) is 0 Å². The molecule has 2 N–H and O–H groups in total. The number of benzene rings is 2. The summed E-state index contributed by atoms with van der Waals surface area (Å²) in [7, 11) is 0. The van der Waals surface area contributed by atoms with Crippen molar-refractivity contribution < 1.29 is 4.39 Å². The van der Waals surface area contributed by atoms with Crippen molar-refractivity contribution in [1.82, 2.24) is 0 Å². The van der Waals surface area contributed by atoms with Crippen LogP contribution in [-0.4, -0.2) is 0 Å². The van der Waals surface area contributed by atoms with Crippen LogP contribution in [0.15, 0.2) is 36.4 Å². The van der Waals surface area contributed by atoms with Gasteiger partial charge in [-0.3, -0.25) is 0 Å². The maximum Gasteiger partial charge on any atom is 0.126 e. The molecule has 1 unspecified atom stereocenters. The molecule has 1 atom stereocenters. The molecule has 4 heteroatoms. The zero-order chi connectivity index (χ0) is 13.3. The van der Waals surface area contributed by atoms with Gasteiger partial charge in [0.2, 0.25) is 0 Å². The summed E-state index contributed by atoms with van der Waals surface area (Å²) in [5.41, 5.74) is 8.65. The van der Waals surface area contributed by atoms with Gasteiger partial charge >= 0.3 is 0 Å². The van der Waals surface area contributed by atoms with E-state index in [1.54, 1.807) is 19.1 Å². The Hall–Kier alpha value is -0.650. The largest absolute Gasteiger partial charge is 0.320 e. The van der Waals surface area contributed by atoms with Crippen LogP contribution in [0.4, 0.5) is 4.39 Å². The molecular weight excluding hydrogens is 364 g/mol. The second kappa shape index (κ2) is 5.55. The van der Waals surface area contributed by atoms with Crippen LogP contribution in [0.1, 0.15) is 22.7 Å². The van der Waals surface area contributed by atoms with Crippen LogP contribution in [0.5, 0.6) is 0 Å². The van der Waals surface area contributed by atoms with Gasteiger partial charge < -0.3 is 5.73 Å². The zero-order valence-corrected chi connectivity index (χ0v) is 12.7. The van der Waals surface area contributed by atoms with Crippen LogP contribution >= 0.6 is 34.2 Å². The quantitative estimate of drug-likeness (QED) is 0.772. The summed E-state index contributed by atoms with van der Waals surface area (Å²) in [5, 5.41) is 0.652. The highest BCUT2D eigenvalue weighted by atomic mass is 127. The molecule has 0 aliphatic carbocycles. The molecule has 0 heterocycles. The lowest BCUT2D eigenvalue weighted by atomic mass is 9.98. The van der Waals surface area contributed by atoms with Crippen molar-refractivity contribution >= 4 is 34.2 Å². The molecule has 0 aromatic heterocycles. The summed E-state index contributed by atoms with van der Waals surface area (Å²) < 4.78 is 14.3. The van der Waals surface area contributed by atoms with Gasteiger partial charge in [-0.2, -0.15) is 0 Å². The first-order valence-corrected chi connectivity index (χ1v) is 6.91. The minimum Gasteiger partial charge on any atom is -0.320 e. The lowest BCUT2D eigenvalue weighted by molar-refractivity contribution is 0.617. The molecule has 2 aromatic rings. The Morgan fingerprint density at radius 1 is 1.22 bits per heavy atom. The van der Waals surface area contributed by atoms with Gasteiger partial charge in [0.15, 0.2) is 0 Å². The molecule has 0 saturated heterocycles. The second-order valence-corrected chi connectivity index (χ2v) is 5.75. The molecule has 0 fully saturated rings. The van der Waals surface area contributed by atoms with Crippen LogP contribution in [0.3, 0.4) is 0 Å². The molecule has 1 nitrogen and oxygen atoms in total. The molecule has 0 amide bonds. The minimum atomic E-state index is -0.296. The third-order valence-electron chi connectivity index (χ3n) is 2.83. The first kappa shape index (κ1) is 13.8. The van der Waals surface area contributed by atoms with E-state index in [9.17, 15) is 4.39 Å². The average molecular weight is 376 g/mol. The van der Waals surface area contributed by atoms with E-state index in [0.717, 1.165) is 14.7 Å². The molecule has 0 radical (unpaired) electrons. The summed E-state index contributed by atoms with van der Waals surface area (Å²) in [5.74, 6) is -0.216. The van der Waals surface area contributed by atoms with Crippen LogP contribution in [0.2, 0.25) is 5.02 Å². The van der Waals surface area contributed by atoms with E-state index in [4.69, 9.17) is 17.3 Å². The van der Waals surface area contributed by atoms with Crippen molar-refractivity contribution in [1.29, 1.82) is 0 Å². The molecule has 94 valence electrons. The molecule has 0 saturated carbocycles. The van der Waals surface area contributed by atoms with Gasteiger partial charge in [0.25, 0.3) is 0 Å². The molecular formula is C14H12ClFIN. The predicted octanol–water partition coefficient (Wildman–Crippen LogP) is 4.44. The molecule has 0 bridgehead atoms. The fraction of sp³-hybridized carbons (Fsp3) is 0.143. The van der Waals surface area contributed by atoms with Crippen molar-refractivity contribution in [2.24, 2.45) is 5.73 Å². The van der Waals surface area contributed by atoms with E-state index in [0.29, 0.717) is 10.6 Å². The first-order chi connectivity index (χ1) is 8.49. The highest BCUT2D eigenvalue weighted by molar-refractivity contribution is 14.1. The van der Waals surface area contributed by atoms with Gasteiger partial charge in [-0.15, -0.1) is 0 Å². The van der Waals surface area contributed by atoms with E-state index in [1.807, 2.05) is 18.2 Å². The lowest BCUT2D eigenvalue weighted by Gasteiger charge is -2.15. The Morgan fingerprint density at radius 2 is 1.94 bits per heavy atom. The highest BCUT2D eigenvalue weighted by Gasteiger charge is 2.13. The van der Waals surface area contributed by atoms with E-state index in [1.165, 1.54) is 6.07 Å². The number of rotatable bonds is 2. The number of hydrogen-bond acceptors (Lipinski definition) is 1. The molecule has 0 spiro atoms. The summed E-state index contributed by atoms with van der Waals surface area (Å²) in [6.45, 7) is 1.73. The number of hydrogen-bond donors (Lipinski definition) is 1. The molecule has 0 aliphatic heterocycles. The topological polar surface area (TPSA) is 26.0 Å². The van der Waals surface area contributed by atoms with Crippen molar-refractivity contribution in [3.63, 3.8) is 0 Å². The van der Waals surface area contributed by atoms with Gasteiger partial charge in [-0.05, 0) is 70.5 Å². The Labute approximate surface area is 124 Å². The summed E-state index contributed by atoms with van der Waals surface area (Å²) in [4.78, 5) is 0. The Bertz CT molecular complexity index is 586. The van der Waals surface area contributed by atoms with Crippen LogP contribution < -0.4 is 5.73 Å². The van der Waals surface area contributed by atoms with Gasteiger partial charge in [0.05, 0.1) is 6.04 Å². The van der Waals surface area contributed by atoms with Gasteiger partial charge in [-0.25, -0.2) is 4.39 Å². The third-order valence-corrected chi connectivity index (χ3v) is 4.05. The standard InChI is InChI=1S/C14H12ClFIN/c1-8-6-9(2-4-12(8)16)14(18)11-7-10(15)3-5-13(11)17/h2-7,14H,18H2,1H3. The molecule has 2 rings (SSSR count). The Morgan fingerprint density at radius 3 is 2.61 bits per heavy atom. The van der Waals surface area contributed by atoms with E-state index in [-0.39, 0.29) is 11.9 Å². The maximum atomic E-state index is 13.2. The lowest BCUT2D eigenvalue weighted by Crippen LogP contribution is -2.13. The summed E-state index contributed by atoms with van der Waals surface area (Å²) >= 11 is 8.21. The molecule has 2 aromatic carbocycles. The van der Waals surface area contributed by atoms with E-state index in [2.05, 4.69) is 22.6 Å². The molecule has 0 aliphatic rings. The summed E-state index contributed by atoms with van der Waals surface area (Å²) in [6, 6.07) is 10.2. The van der Waals surface area contributed by atoms with Crippen molar-refractivity contribution in [2.75, 3.05) is 0 Å². The first-order valence-electron chi connectivity index (χ1n) is 5.45. The SMILES string of the molecule is Cc1cc(C(N)c2cc(Cl)ccc2I)ccc1F. The number of halogens is 3. The Kier molecular flexibility index (Phi) is 4.25. The average Bonchev–Trinajstić information content (AvgIpc) is 2.35. The predicted molar refractivity (Wildman–Crippen MR) is 81.3 cm³/mol. The van der Waals surface area contributed by atoms with Gasteiger partial charge in [0, 0.05) is 8.59 Å². The maximum absolute atomic E-state index is 13.2. The number of nitrogens with two attached hydrogens (primary N) is 1. The van der Waals surface area contributed by atoms with Crippen molar-refractivity contribution in [2.45, 2.75) is 13.0 Å². The van der Waals surface area contributed by atoms with E-state index < -0.39 is 0 Å². The van der Waals surface area contributed by atoms with Crippen LogP contribution in [0.25, 0.3) is 0 Å². The fourth-order valence-electron chi connectivity index (χ4n) is 1.79. The zero-order valence-electron chi connectivity index (χ0n) is 9.75. The smallest absolute Gasteiger partial charge is 0.126 e. The Balaban J connectivity index is 2.44. The van der Waals surface area contributed by atoms with Crippen molar-refractivity contribution in [3.8, 4) is 0 Å². The van der Waals surface area contributed by atoms with Crippen molar-refractivity contribution in [3.05, 3.63) is 67.5 Å². The highest BCUT2D eigenvalue weighted by Crippen LogP contribution is 2.27. The minimum absolute atomic E-state index is 0.216. The fourth-order valence-corrected chi connectivity index (χ4v) is 2.65. The monoisotopic (exact) mass is 375 g/mol. The van der Waals surface area contributed by atoms with E-state index >= 15 is 0 Å². The normalized spacial score (nSPS) is 12.5. The van der Waals surface area contributed by atoms with Gasteiger partial charge in [-0.1, -0.05) is 23.7 Å². The molecule has 18 heavy (non-hydrogen) atoms. The number of aryl methyl sites for hydroxylation is 1. The van der Waals surface area contributed by atoms with Crippen LogP contribution in [0, 0.1) is 16.3 Å². The third kappa shape index (κ3) is 2.84. The summed E-state index contributed by atoms with van der Waals surface area (Å²) in [6.07, 6.45) is 0. The van der Waals surface area contributed by atoms with Gasteiger partial charge in [0.1, 0.15) is 5.82 Å².